The van der Waals surface area contributed by atoms with Gasteiger partial charge in [0.2, 0.25) is 0 Å². The summed E-state index contributed by atoms with van der Waals surface area (Å²) in [4.78, 5) is -0.512. The van der Waals surface area contributed by atoms with Gasteiger partial charge >= 0.3 is 35.7 Å². The fourth-order valence-corrected chi connectivity index (χ4v) is 1.66. The first-order chi connectivity index (χ1) is 6.21. The SMILES string of the molecule is O=S([O-])(=S)c1cccc(C(F)(F)F)c1.[Na+]. The number of benzene rings is 1. The zero-order valence-corrected chi connectivity index (χ0v) is 11.2. The van der Waals surface area contributed by atoms with Crippen molar-refractivity contribution < 1.29 is 51.5 Å². The summed E-state index contributed by atoms with van der Waals surface area (Å²) in [5.74, 6) is 0. The summed E-state index contributed by atoms with van der Waals surface area (Å²) in [7, 11) is -4.00. The van der Waals surface area contributed by atoms with Crippen LogP contribution in [0.4, 0.5) is 13.2 Å². The van der Waals surface area contributed by atoms with E-state index in [1.165, 1.54) is 0 Å². The molecule has 1 aromatic carbocycles. The van der Waals surface area contributed by atoms with Crippen molar-refractivity contribution in [3.8, 4) is 0 Å². The van der Waals surface area contributed by atoms with Crippen LogP contribution < -0.4 is 29.6 Å². The smallest absolute Gasteiger partial charge is 0.766 e. The summed E-state index contributed by atoms with van der Waals surface area (Å²) in [6.45, 7) is 0. The van der Waals surface area contributed by atoms with Crippen molar-refractivity contribution in [2.75, 3.05) is 0 Å². The fourth-order valence-electron chi connectivity index (χ4n) is 0.828. The molecule has 0 aromatic heterocycles. The summed E-state index contributed by atoms with van der Waals surface area (Å²) in [5.41, 5.74) is -1.02. The maximum atomic E-state index is 12.1. The summed E-state index contributed by atoms with van der Waals surface area (Å²) in [6.07, 6.45) is -4.56. The maximum absolute atomic E-state index is 12.1. The molecular formula is C7H4F3NaO2S2. The number of rotatable bonds is 1. The zero-order valence-electron chi connectivity index (χ0n) is 7.58. The molecule has 0 amide bonds. The van der Waals surface area contributed by atoms with Crippen LogP contribution in [0, 0.1) is 0 Å². The number of alkyl halides is 3. The molecule has 1 atom stereocenters. The molecule has 2 nitrogen and oxygen atoms in total. The topological polar surface area (TPSA) is 40.1 Å². The van der Waals surface area contributed by atoms with Gasteiger partial charge in [0.25, 0.3) is 0 Å². The monoisotopic (exact) mass is 264 g/mol. The Bertz CT molecular complexity index is 442. The Morgan fingerprint density at radius 2 is 1.87 bits per heavy atom. The molecule has 0 saturated heterocycles. The van der Waals surface area contributed by atoms with Gasteiger partial charge in [-0.1, -0.05) is 6.07 Å². The van der Waals surface area contributed by atoms with Crippen molar-refractivity contribution in [3.05, 3.63) is 29.8 Å². The van der Waals surface area contributed by atoms with Crippen molar-refractivity contribution >= 4 is 20.0 Å². The molecule has 15 heavy (non-hydrogen) atoms. The van der Waals surface area contributed by atoms with Gasteiger partial charge in [0.15, 0.2) is 0 Å². The normalized spacial score (nSPS) is 15.2. The number of hydrogen-bond acceptors (Lipinski definition) is 3. The standard InChI is InChI=1S/C7H5F3O2S2.Na/c8-7(9,10)5-2-1-3-6(4-5)14(11,12)13;/h1-4H,(H,11,12,13);/q;+1/p-1. The predicted molar refractivity (Wildman–Crippen MR) is 46.0 cm³/mol. The molecule has 0 aliphatic heterocycles. The van der Waals surface area contributed by atoms with Crippen LogP contribution in [-0.2, 0) is 26.1 Å². The van der Waals surface area contributed by atoms with Crippen LogP contribution in [0.2, 0.25) is 0 Å². The minimum Gasteiger partial charge on any atom is -0.766 e. The van der Waals surface area contributed by atoms with Gasteiger partial charge in [0.1, 0.15) is 0 Å². The molecule has 0 spiro atoms. The second-order valence-corrected chi connectivity index (χ2v) is 5.18. The summed E-state index contributed by atoms with van der Waals surface area (Å²) >= 11 is 4.04. The molecule has 0 saturated carbocycles. The Morgan fingerprint density at radius 3 is 2.27 bits per heavy atom. The van der Waals surface area contributed by atoms with Crippen LogP contribution >= 0.6 is 0 Å². The molecule has 78 valence electrons. The maximum Gasteiger partial charge on any atom is 1.00 e. The first-order valence-corrected chi connectivity index (χ1v) is 5.75. The van der Waals surface area contributed by atoms with Crippen molar-refractivity contribution in [1.29, 1.82) is 0 Å². The van der Waals surface area contributed by atoms with E-state index in [1.807, 2.05) is 0 Å². The van der Waals surface area contributed by atoms with Gasteiger partial charge < -0.3 is 4.55 Å². The minimum atomic E-state index is -4.56. The van der Waals surface area contributed by atoms with E-state index < -0.39 is 25.4 Å². The third-order valence-corrected chi connectivity index (χ3v) is 2.86. The molecule has 1 unspecified atom stereocenters. The third kappa shape index (κ3) is 4.38. The van der Waals surface area contributed by atoms with Gasteiger partial charge in [-0.25, -0.2) is 0 Å². The summed E-state index contributed by atoms with van der Waals surface area (Å²) < 4.78 is 57.9. The van der Waals surface area contributed by atoms with Crippen LogP contribution in [0.5, 0.6) is 0 Å². The Kier molecular flexibility index (Phi) is 5.23. The Hall–Kier alpha value is 0.340. The van der Waals surface area contributed by atoms with Gasteiger partial charge in [-0.15, -0.1) is 0 Å². The molecule has 1 rings (SSSR count). The first-order valence-electron chi connectivity index (χ1n) is 3.34. The average molecular weight is 264 g/mol. The second-order valence-electron chi connectivity index (χ2n) is 2.48. The number of hydrogen-bond donors (Lipinski definition) is 0. The largest absolute Gasteiger partial charge is 1.00 e. The van der Waals surface area contributed by atoms with Crippen LogP contribution in [0.25, 0.3) is 0 Å². The predicted octanol–water partition coefficient (Wildman–Crippen LogP) is -1.05. The molecular weight excluding hydrogens is 260 g/mol. The Balaban J connectivity index is 0.00000196. The number of halogens is 3. The molecule has 0 heterocycles. The van der Waals surface area contributed by atoms with Crippen LogP contribution in [-0.4, -0.2) is 8.76 Å². The Labute approximate surface area is 112 Å². The van der Waals surface area contributed by atoms with E-state index in [1.54, 1.807) is 0 Å². The van der Waals surface area contributed by atoms with E-state index in [9.17, 15) is 21.9 Å². The van der Waals surface area contributed by atoms with Crippen molar-refractivity contribution in [3.63, 3.8) is 0 Å². The van der Waals surface area contributed by atoms with Crippen molar-refractivity contribution in [2.45, 2.75) is 11.1 Å². The third-order valence-electron chi connectivity index (χ3n) is 1.45. The molecule has 0 N–H and O–H groups in total. The van der Waals surface area contributed by atoms with Gasteiger partial charge in [-0.2, -0.15) is 13.2 Å². The molecule has 0 aliphatic rings. The summed E-state index contributed by atoms with van der Waals surface area (Å²) in [5, 5.41) is 0. The van der Waals surface area contributed by atoms with Crippen molar-refractivity contribution in [1.82, 2.24) is 0 Å². The quantitative estimate of drug-likeness (QED) is 0.607. The van der Waals surface area contributed by atoms with E-state index in [2.05, 4.69) is 11.2 Å². The van der Waals surface area contributed by atoms with Crippen LogP contribution in [0.3, 0.4) is 0 Å². The fraction of sp³-hybridized carbons (Fsp3) is 0.143. The average Bonchev–Trinajstić information content (AvgIpc) is 2.01. The molecule has 8 heteroatoms. The van der Waals surface area contributed by atoms with Gasteiger partial charge in [0.05, 0.1) is 5.56 Å². The molecule has 0 aliphatic carbocycles. The van der Waals surface area contributed by atoms with Crippen LogP contribution in [0.15, 0.2) is 29.2 Å². The van der Waals surface area contributed by atoms with Crippen LogP contribution in [0.1, 0.15) is 5.56 Å². The molecule has 1 aromatic rings. The Morgan fingerprint density at radius 1 is 1.33 bits per heavy atom. The van der Waals surface area contributed by atoms with Crippen molar-refractivity contribution in [2.24, 2.45) is 0 Å². The minimum absolute atomic E-state index is 0. The van der Waals surface area contributed by atoms with Gasteiger partial charge in [0, 0.05) is 4.90 Å². The van der Waals surface area contributed by atoms with Gasteiger partial charge in [-0.05, 0) is 38.2 Å². The zero-order chi connectivity index (χ0) is 11.0. The van der Waals surface area contributed by atoms with E-state index in [0.29, 0.717) is 6.07 Å². The van der Waals surface area contributed by atoms with E-state index in [-0.39, 0.29) is 29.6 Å². The summed E-state index contributed by atoms with van der Waals surface area (Å²) in [6, 6.07) is 3.33. The van der Waals surface area contributed by atoms with E-state index in [0.717, 1.165) is 18.2 Å². The van der Waals surface area contributed by atoms with E-state index >= 15 is 0 Å². The molecule has 0 bridgehead atoms. The second kappa shape index (κ2) is 5.11. The molecule has 0 fully saturated rings. The van der Waals surface area contributed by atoms with E-state index in [4.69, 9.17) is 0 Å². The first kappa shape index (κ1) is 15.3. The molecule has 0 radical (unpaired) electrons. The van der Waals surface area contributed by atoms with Gasteiger partial charge in [-0.3, -0.25) is 4.21 Å².